The van der Waals surface area contributed by atoms with E-state index in [4.69, 9.17) is 19.4 Å². The zero-order chi connectivity index (χ0) is 40.4. The second kappa shape index (κ2) is 12.6. The summed E-state index contributed by atoms with van der Waals surface area (Å²) in [7, 11) is 0. The average Bonchev–Trinajstić information content (AvgIpc) is 3.92. The molecule has 0 aliphatic heterocycles. The van der Waals surface area contributed by atoms with Gasteiger partial charge in [-0.05, 0) is 91.8 Å². The van der Waals surface area contributed by atoms with Crippen molar-refractivity contribution in [2.45, 2.75) is 19.3 Å². The van der Waals surface area contributed by atoms with E-state index in [0.29, 0.717) is 17.6 Å². The van der Waals surface area contributed by atoms with E-state index in [-0.39, 0.29) is 5.41 Å². The molecule has 0 amide bonds. The second-order valence-corrected chi connectivity index (χ2v) is 16.8. The summed E-state index contributed by atoms with van der Waals surface area (Å²) in [5.74, 6) is 1.72. The van der Waals surface area contributed by atoms with Gasteiger partial charge in [-0.3, -0.25) is 4.57 Å². The summed E-state index contributed by atoms with van der Waals surface area (Å²) in [5.41, 5.74) is 13.0. The maximum atomic E-state index is 6.39. The van der Waals surface area contributed by atoms with Crippen LogP contribution in [-0.2, 0) is 5.41 Å². The van der Waals surface area contributed by atoms with Crippen molar-refractivity contribution in [1.82, 2.24) is 19.5 Å². The molecule has 0 unspecified atom stereocenters. The molecule has 0 spiro atoms. The minimum Gasteiger partial charge on any atom is -0.456 e. The van der Waals surface area contributed by atoms with Gasteiger partial charge in [0.2, 0.25) is 5.95 Å². The maximum absolute atomic E-state index is 6.39. The Hall–Kier alpha value is -7.89. The van der Waals surface area contributed by atoms with Gasteiger partial charge < -0.3 is 4.42 Å². The normalized spacial score (nSPS) is 13.2. The van der Waals surface area contributed by atoms with Crippen molar-refractivity contribution in [1.29, 1.82) is 0 Å². The Morgan fingerprint density at radius 2 is 1.03 bits per heavy atom. The van der Waals surface area contributed by atoms with Crippen LogP contribution in [0.5, 0.6) is 0 Å². The molecule has 13 rings (SSSR count). The van der Waals surface area contributed by atoms with Gasteiger partial charge in [0.15, 0.2) is 11.6 Å². The summed E-state index contributed by atoms with van der Waals surface area (Å²) in [4.78, 5) is 16.1. The number of aromatic nitrogens is 4. The fourth-order valence-electron chi connectivity index (χ4n) is 10.00. The zero-order valence-corrected chi connectivity index (χ0v) is 33.5. The number of benzene rings is 9. The fourth-order valence-corrected chi connectivity index (χ4v) is 10.00. The van der Waals surface area contributed by atoms with Gasteiger partial charge in [-0.15, -0.1) is 0 Å². The van der Waals surface area contributed by atoms with Gasteiger partial charge in [0.1, 0.15) is 11.2 Å². The molecule has 0 radical (unpaired) electrons. The van der Waals surface area contributed by atoms with Gasteiger partial charge >= 0.3 is 0 Å². The molecule has 61 heavy (non-hydrogen) atoms. The number of hydrogen-bond acceptors (Lipinski definition) is 4. The molecule has 5 nitrogen and oxygen atoms in total. The van der Waals surface area contributed by atoms with Crippen LogP contribution in [0.2, 0.25) is 0 Å². The molecule has 0 N–H and O–H groups in total. The Labute approximate surface area is 351 Å². The Balaban J connectivity index is 1.11. The smallest absolute Gasteiger partial charge is 0.238 e. The highest BCUT2D eigenvalue weighted by molar-refractivity contribution is 6.17. The summed E-state index contributed by atoms with van der Waals surface area (Å²) in [6.07, 6.45) is 0. The topological polar surface area (TPSA) is 56.7 Å². The molecule has 12 aromatic rings. The fraction of sp³-hybridized carbons (Fsp3) is 0.0536. The van der Waals surface area contributed by atoms with Crippen LogP contribution in [0.4, 0.5) is 0 Å². The molecule has 5 heteroatoms. The largest absolute Gasteiger partial charge is 0.456 e. The predicted octanol–water partition coefficient (Wildman–Crippen LogP) is 14.5. The van der Waals surface area contributed by atoms with E-state index < -0.39 is 0 Å². The molecule has 1 aliphatic carbocycles. The third kappa shape index (κ3) is 5.04. The maximum Gasteiger partial charge on any atom is 0.238 e. The summed E-state index contributed by atoms with van der Waals surface area (Å²) in [5, 5.41) is 9.04. The van der Waals surface area contributed by atoms with Crippen molar-refractivity contribution in [2.24, 2.45) is 0 Å². The third-order valence-electron chi connectivity index (χ3n) is 13.0. The van der Waals surface area contributed by atoms with Crippen LogP contribution in [0.3, 0.4) is 0 Å². The summed E-state index contributed by atoms with van der Waals surface area (Å²) in [6.45, 7) is 4.66. The number of hydrogen-bond donors (Lipinski definition) is 0. The number of rotatable bonds is 4. The van der Waals surface area contributed by atoms with Gasteiger partial charge in [-0.2, -0.15) is 9.97 Å². The standard InChI is InChI=1S/C56H36N4O/c1-56(2)47-20-9-7-16-41(47)45-30-37(25-27-48(45)56)40-18-11-19-44-46-29-35-14-5-6-15-36(35)31-49(46)60(52(40)44)55-58-53(38-23-22-33-12-3-4-13-34(33)28-38)57-54(59-55)39-24-26-43-42-17-8-10-21-50(42)61-51(43)32-39/h3-32H,1-2H3. The Kier molecular flexibility index (Phi) is 7.00. The quantitative estimate of drug-likeness (QED) is 0.178. The van der Waals surface area contributed by atoms with E-state index in [9.17, 15) is 0 Å². The Bertz CT molecular complexity index is 3810. The van der Waals surface area contributed by atoms with E-state index >= 15 is 0 Å². The van der Waals surface area contributed by atoms with Crippen molar-refractivity contribution < 1.29 is 4.42 Å². The minimum absolute atomic E-state index is 0.0860. The zero-order valence-electron chi connectivity index (χ0n) is 33.5. The lowest BCUT2D eigenvalue weighted by Gasteiger charge is -2.21. The van der Waals surface area contributed by atoms with Crippen LogP contribution in [0, 0.1) is 0 Å². The summed E-state index contributed by atoms with van der Waals surface area (Å²) < 4.78 is 8.66. The van der Waals surface area contributed by atoms with Gasteiger partial charge in [0.05, 0.1) is 11.0 Å². The third-order valence-corrected chi connectivity index (χ3v) is 13.0. The van der Waals surface area contributed by atoms with E-state index in [1.807, 2.05) is 18.2 Å². The molecular weight excluding hydrogens is 745 g/mol. The van der Waals surface area contributed by atoms with E-state index in [1.165, 1.54) is 27.6 Å². The lowest BCUT2D eigenvalue weighted by atomic mass is 9.82. The molecule has 9 aromatic carbocycles. The van der Waals surface area contributed by atoms with Gasteiger partial charge in [0, 0.05) is 43.7 Å². The Morgan fingerprint density at radius 3 is 1.89 bits per heavy atom. The summed E-state index contributed by atoms with van der Waals surface area (Å²) in [6, 6.07) is 65.0. The lowest BCUT2D eigenvalue weighted by Crippen LogP contribution is -2.14. The van der Waals surface area contributed by atoms with E-state index in [1.54, 1.807) is 0 Å². The first-order valence-corrected chi connectivity index (χ1v) is 20.8. The molecule has 0 saturated carbocycles. The van der Waals surface area contributed by atoms with Gasteiger partial charge in [0.25, 0.3) is 0 Å². The number of fused-ring (bicyclic) bond motifs is 11. The predicted molar refractivity (Wildman–Crippen MR) is 250 cm³/mol. The van der Waals surface area contributed by atoms with Crippen molar-refractivity contribution in [2.75, 3.05) is 0 Å². The highest BCUT2D eigenvalue weighted by atomic mass is 16.3. The van der Waals surface area contributed by atoms with Crippen LogP contribution in [0.15, 0.2) is 186 Å². The van der Waals surface area contributed by atoms with Crippen molar-refractivity contribution in [3.05, 3.63) is 193 Å². The average molecular weight is 781 g/mol. The molecule has 286 valence electrons. The van der Waals surface area contributed by atoms with Gasteiger partial charge in [-0.1, -0.05) is 153 Å². The molecule has 0 bridgehead atoms. The second-order valence-electron chi connectivity index (χ2n) is 16.8. The van der Waals surface area contributed by atoms with Crippen LogP contribution >= 0.6 is 0 Å². The van der Waals surface area contributed by atoms with Crippen LogP contribution in [0.25, 0.3) is 116 Å². The van der Waals surface area contributed by atoms with Crippen molar-refractivity contribution in [3.63, 3.8) is 0 Å². The summed E-state index contributed by atoms with van der Waals surface area (Å²) >= 11 is 0. The van der Waals surface area contributed by atoms with Gasteiger partial charge in [-0.25, -0.2) is 4.98 Å². The molecule has 0 atom stereocenters. The monoisotopic (exact) mass is 780 g/mol. The molecule has 3 aromatic heterocycles. The number of para-hydroxylation sites is 2. The van der Waals surface area contributed by atoms with Crippen LogP contribution in [0.1, 0.15) is 25.0 Å². The molecule has 3 heterocycles. The molecule has 0 fully saturated rings. The van der Waals surface area contributed by atoms with E-state index in [0.717, 1.165) is 82.2 Å². The first-order chi connectivity index (χ1) is 30.0. The first kappa shape index (κ1) is 34.0. The van der Waals surface area contributed by atoms with Crippen LogP contribution < -0.4 is 0 Å². The van der Waals surface area contributed by atoms with Crippen molar-refractivity contribution >= 4 is 65.3 Å². The molecule has 0 saturated heterocycles. The SMILES string of the molecule is CC1(C)c2ccccc2-c2cc(-c3cccc4c5cc6ccccc6cc5n(-c5nc(-c6ccc7ccccc7c6)nc(-c6ccc7c(c6)oc6ccccc67)n5)c34)ccc21. The highest BCUT2D eigenvalue weighted by Crippen LogP contribution is 2.50. The molecular formula is C56H36N4O. The first-order valence-electron chi connectivity index (χ1n) is 20.8. The number of furan rings is 1. The van der Waals surface area contributed by atoms with Crippen molar-refractivity contribution in [3.8, 4) is 51.0 Å². The minimum atomic E-state index is -0.0860. The van der Waals surface area contributed by atoms with Crippen LogP contribution in [-0.4, -0.2) is 19.5 Å². The molecule has 1 aliphatic rings. The Morgan fingerprint density at radius 1 is 0.410 bits per heavy atom. The number of nitrogens with zero attached hydrogens (tertiary/aromatic N) is 4. The lowest BCUT2D eigenvalue weighted by molar-refractivity contribution is 0.660. The highest BCUT2D eigenvalue weighted by Gasteiger charge is 2.35. The van der Waals surface area contributed by atoms with E-state index in [2.05, 4.69) is 182 Å².